The fourth-order valence-electron chi connectivity index (χ4n) is 3.73. The number of carbonyl (C=O) groups excluding carboxylic acids is 1. The van der Waals surface area contributed by atoms with Crippen LogP contribution in [0.1, 0.15) is 34.3 Å². The van der Waals surface area contributed by atoms with Crippen molar-refractivity contribution in [3.63, 3.8) is 0 Å². The second-order valence-corrected chi connectivity index (χ2v) is 6.30. The van der Waals surface area contributed by atoms with Crippen molar-refractivity contribution in [2.24, 2.45) is 17.6 Å². The van der Waals surface area contributed by atoms with E-state index in [1.165, 1.54) is 0 Å². The van der Waals surface area contributed by atoms with Gasteiger partial charge in [0.15, 0.2) is 0 Å². The highest BCUT2D eigenvalue weighted by Gasteiger charge is 2.42. The minimum Gasteiger partial charge on any atom is -0.338 e. The number of hydrogen-bond donors (Lipinski definition) is 1. The van der Waals surface area contributed by atoms with E-state index in [4.69, 9.17) is 5.73 Å². The molecule has 1 aliphatic heterocycles. The lowest BCUT2D eigenvalue weighted by Crippen LogP contribution is -2.33. The Hall–Kier alpha value is -1.42. The molecule has 3 nitrogen and oxygen atoms in total. The van der Waals surface area contributed by atoms with Gasteiger partial charge in [0.25, 0.3) is 5.91 Å². The van der Waals surface area contributed by atoms with Gasteiger partial charge in [0.1, 0.15) is 5.82 Å². The van der Waals surface area contributed by atoms with E-state index in [2.05, 4.69) is 0 Å². The van der Waals surface area contributed by atoms with Crippen LogP contribution < -0.4 is 5.73 Å². The van der Waals surface area contributed by atoms with Gasteiger partial charge in [-0.15, -0.1) is 0 Å². The molecule has 4 heteroatoms. The van der Waals surface area contributed by atoms with Crippen molar-refractivity contribution in [2.75, 3.05) is 13.1 Å². The molecule has 1 aromatic carbocycles. The number of fused-ring (bicyclic) bond motifs is 1. The van der Waals surface area contributed by atoms with Crippen LogP contribution in [0.3, 0.4) is 0 Å². The molecule has 2 N–H and O–H groups in total. The molecular formula is C16H21FN2O. The molecular weight excluding hydrogens is 255 g/mol. The Balaban J connectivity index is 1.81. The Morgan fingerprint density at radius 3 is 2.50 bits per heavy atom. The van der Waals surface area contributed by atoms with Gasteiger partial charge in [-0.2, -0.15) is 0 Å². The average Bonchev–Trinajstić information content (AvgIpc) is 2.97. The molecule has 1 amide bonds. The van der Waals surface area contributed by atoms with Gasteiger partial charge in [0.2, 0.25) is 0 Å². The summed E-state index contributed by atoms with van der Waals surface area (Å²) in [7, 11) is 0. The minimum absolute atomic E-state index is 0.0119. The third-order valence-electron chi connectivity index (χ3n) is 4.88. The zero-order valence-corrected chi connectivity index (χ0v) is 12.0. The van der Waals surface area contributed by atoms with Crippen LogP contribution in [0.4, 0.5) is 4.39 Å². The molecule has 1 heterocycles. The number of likely N-dealkylation sites (tertiary alicyclic amines) is 1. The molecule has 1 aromatic rings. The maximum absolute atomic E-state index is 13.6. The number of benzene rings is 1. The van der Waals surface area contributed by atoms with Gasteiger partial charge in [-0.3, -0.25) is 4.79 Å². The van der Waals surface area contributed by atoms with Crippen LogP contribution in [0.2, 0.25) is 0 Å². The van der Waals surface area contributed by atoms with E-state index in [0.717, 1.165) is 25.9 Å². The largest absolute Gasteiger partial charge is 0.338 e. The van der Waals surface area contributed by atoms with Crippen LogP contribution in [0.15, 0.2) is 12.1 Å². The van der Waals surface area contributed by atoms with Crippen LogP contribution in [-0.2, 0) is 0 Å². The summed E-state index contributed by atoms with van der Waals surface area (Å²) in [5.41, 5.74) is 7.76. The molecule has 1 saturated heterocycles. The van der Waals surface area contributed by atoms with E-state index in [1.54, 1.807) is 26.0 Å². The van der Waals surface area contributed by atoms with Crippen LogP contribution in [-0.4, -0.2) is 29.9 Å². The van der Waals surface area contributed by atoms with Crippen molar-refractivity contribution in [3.8, 4) is 0 Å². The van der Waals surface area contributed by atoms with Crippen molar-refractivity contribution >= 4 is 5.91 Å². The predicted octanol–water partition coefficient (Wildman–Crippen LogP) is 2.25. The highest BCUT2D eigenvalue weighted by Crippen LogP contribution is 2.37. The summed E-state index contributed by atoms with van der Waals surface area (Å²) in [6.07, 6.45) is 2.20. The normalized spacial score (nSPS) is 28.8. The summed E-state index contributed by atoms with van der Waals surface area (Å²) in [5, 5.41) is 0. The number of halogens is 1. The number of aryl methyl sites for hydroxylation is 2. The Kier molecular flexibility index (Phi) is 3.28. The third kappa shape index (κ3) is 2.12. The Morgan fingerprint density at radius 1 is 1.25 bits per heavy atom. The van der Waals surface area contributed by atoms with Crippen molar-refractivity contribution in [1.82, 2.24) is 4.90 Å². The molecule has 0 radical (unpaired) electrons. The van der Waals surface area contributed by atoms with E-state index in [-0.39, 0.29) is 17.8 Å². The zero-order chi connectivity index (χ0) is 14.4. The molecule has 1 aliphatic carbocycles. The minimum atomic E-state index is -0.220. The molecule has 0 spiro atoms. The number of nitrogens with two attached hydrogens (primary N) is 1. The SMILES string of the molecule is Cc1cc(C(=O)N2CC3CCC(N)C3C2)cc(C)c1F. The van der Waals surface area contributed by atoms with E-state index in [1.807, 2.05) is 4.90 Å². The molecule has 3 rings (SSSR count). The third-order valence-corrected chi connectivity index (χ3v) is 4.88. The first-order chi connectivity index (χ1) is 9.47. The Bertz CT molecular complexity index is 534. The molecule has 0 bridgehead atoms. The average molecular weight is 276 g/mol. The van der Waals surface area contributed by atoms with Crippen LogP contribution in [0.5, 0.6) is 0 Å². The maximum atomic E-state index is 13.6. The van der Waals surface area contributed by atoms with Gasteiger partial charge >= 0.3 is 0 Å². The van der Waals surface area contributed by atoms with Gasteiger partial charge in [0.05, 0.1) is 0 Å². The number of nitrogens with zero attached hydrogens (tertiary/aromatic N) is 1. The monoisotopic (exact) mass is 276 g/mol. The predicted molar refractivity (Wildman–Crippen MR) is 76.0 cm³/mol. The molecule has 0 aromatic heterocycles. The highest BCUT2D eigenvalue weighted by atomic mass is 19.1. The second-order valence-electron chi connectivity index (χ2n) is 6.30. The van der Waals surface area contributed by atoms with Gasteiger partial charge in [-0.1, -0.05) is 0 Å². The summed E-state index contributed by atoms with van der Waals surface area (Å²) < 4.78 is 13.6. The van der Waals surface area contributed by atoms with Crippen LogP contribution >= 0.6 is 0 Å². The van der Waals surface area contributed by atoms with Gasteiger partial charge in [-0.05, 0) is 61.8 Å². The molecule has 2 aliphatic rings. The Morgan fingerprint density at radius 2 is 1.90 bits per heavy atom. The topological polar surface area (TPSA) is 46.3 Å². The van der Waals surface area contributed by atoms with E-state index < -0.39 is 0 Å². The summed E-state index contributed by atoms with van der Waals surface area (Å²) in [6, 6.07) is 3.53. The summed E-state index contributed by atoms with van der Waals surface area (Å²) in [5.74, 6) is 0.790. The highest BCUT2D eigenvalue weighted by molar-refractivity contribution is 5.94. The zero-order valence-electron chi connectivity index (χ0n) is 12.0. The smallest absolute Gasteiger partial charge is 0.253 e. The maximum Gasteiger partial charge on any atom is 0.253 e. The molecule has 20 heavy (non-hydrogen) atoms. The number of hydrogen-bond acceptors (Lipinski definition) is 2. The van der Waals surface area contributed by atoms with Crippen molar-refractivity contribution in [1.29, 1.82) is 0 Å². The Labute approximate surface area is 118 Å². The summed E-state index contributed by atoms with van der Waals surface area (Å²) >= 11 is 0. The lowest BCUT2D eigenvalue weighted by molar-refractivity contribution is 0.0779. The fraction of sp³-hybridized carbons (Fsp3) is 0.562. The van der Waals surface area contributed by atoms with Crippen LogP contribution in [0.25, 0.3) is 0 Å². The standard InChI is InChI=1S/C16H21FN2O/c1-9-5-12(6-10(2)15(9)17)16(20)19-7-11-3-4-14(18)13(11)8-19/h5-6,11,13-14H,3-4,7-8,18H2,1-2H3. The molecule has 108 valence electrons. The van der Waals surface area contributed by atoms with Crippen molar-refractivity contribution in [3.05, 3.63) is 34.6 Å². The van der Waals surface area contributed by atoms with E-state index in [9.17, 15) is 9.18 Å². The lowest BCUT2D eigenvalue weighted by Gasteiger charge is -2.19. The lowest BCUT2D eigenvalue weighted by atomic mass is 9.98. The molecule has 3 atom stereocenters. The second kappa shape index (κ2) is 4.85. The van der Waals surface area contributed by atoms with E-state index in [0.29, 0.717) is 28.5 Å². The van der Waals surface area contributed by atoms with Gasteiger partial charge in [0, 0.05) is 24.7 Å². The number of carbonyl (C=O) groups is 1. The van der Waals surface area contributed by atoms with Crippen molar-refractivity contribution in [2.45, 2.75) is 32.7 Å². The van der Waals surface area contributed by atoms with Gasteiger partial charge < -0.3 is 10.6 Å². The van der Waals surface area contributed by atoms with Crippen molar-refractivity contribution < 1.29 is 9.18 Å². The fourth-order valence-corrected chi connectivity index (χ4v) is 3.73. The molecule has 2 fully saturated rings. The molecule has 1 saturated carbocycles. The first kappa shape index (κ1) is 13.6. The van der Waals surface area contributed by atoms with Gasteiger partial charge in [-0.25, -0.2) is 4.39 Å². The molecule has 3 unspecified atom stereocenters. The summed E-state index contributed by atoms with van der Waals surface area (Å²) in [4.78, 5) is 14.5. The quantitative estimate of drug-likeness (QED) is 0.855. The first-order valence-corrected chi connectivity index (χ1v) is 7.29. The number of amides is 1. The first-order valence-electron chi connectivity index (χ1n) is 7.29. The number of rotatable bonds is 1. The van der Waals surface area contributed by atoms with E-state index >= 15 is 0 Å². The summed E-state index contributed by atoms with van der Waals surface area (Å²) in [6.45, 7) is 4.95. The van der Waals surface area contributed by atoms with Crippen LogP contribution in [0, 0.1) is 31.5 Å².